The number of nitrogens with one attached hydrogen (secondary N) is 1. The van der Waals surface area contributed by atoms with E-state index in [4.69, 9.17) is 0 Å². The Bertz CT molecular complexity index is 877. The van der Waals surface area contributed by atoms with Crippen molar-refractivity contribution in [3.05, 3.63) is 54.3 Å². The van der Waals surface area contributed by atoms with Gasteiger partial charge < -0.3 is 0 Å². The molecule has 0 radical (unpaired) electrons. The molecule has 2 rings (SSSR count). The molecule has 0 bridgehead atoms. The number of sulfonamides is 1. The average molecular weight is 329 g/mol. The summed E-state index contributed by atoms with van der Waals surface area (Å²) in [5, 5.41) is 0. The molecule has 0 aliphatic rings. The fraction of sp³-hybridized carbons (Fsp3) is 0.0769. The van der Waals surface area contributed by atoms with Gasteiger partial charge in [-0.2, -0.15) is 0 Å². The Hall–Kier alpha value is -1.93. The Balaban J connectivity index is 2.41. The van der Waals surface area contributed by atoms with Gasteiger partial charge in [-0.05, 0) is 36.4 Å². The molecule has 0 saturated carbocycles. The van der Waals surface area contributed by atoms with Crippen molar-refractivity contribution in [2.24, 2.45) is 0 Å². The van der Waals surface area contributed by atoms with Gasteiger partial charge in [-0.25, -0.2) is 21.2 Å². The topological polar surface area (TPSA) is 80.3 Å². The second-order valence-corrected chi connectivity index (χ2v) is 8.06. The van der Waals surface area contributed by atoms with Crippen LogP contribution in [0.25, 0.3) is 0 Å². The summed E-state index contributed by atoms with van der Waals surface area (Å²) in [6.45, 7) is 0. The van der Waals surface area contributed by atoms with Crippen molar-refractivity contribution in [2.75, 3.05) is 11.0 Å². The molecule has 0 amide bonds. The van der Waals surface area contributed by atoms with E-state index in [0.29, 0.717) is 0 Å². The molecule has 0 aliphatic carbocycles. The highest BCUT2D eigenvalue weighted by Crippen LogP contribution is 2.19. The normalized spacial score (nSPS) is 12.1. The maximum absolute atomic E-state index is 13.1. The van der Waals surface area contributed by atoms with Crippen molar-refractivity contribution >= 4 is 25.5 Å². The molecule has 0 fully saturated rings. The molecule has 21 heavy (non-hydrogen) atoms. The second kappa shape index (κ2) is 5.45. The number of anilines is 1. The van der Waals surface area contributed by atoms with Gasteiger partial charge in [-0.1, -0.05) is 12.1 Å². The zero-order chi connectivity index (χ0) is 15.7. The van der Waals surface area contributed by atoms with Gasteiger partial charge in [0.05, 0.1) is 15.5 Å². The number of hydrogen-bond acceptors (Lipinski definition) is 4. The van der Waals surface area contributed by atoms with E-state index >= 15 is 0 Å². The predicted octanol–water partition coefficient (Wildman–Crippen LogP) is 2.03. The van der Waals surface area contributed by atoms with Crippen molar-refractivity contribution < 1.29 is 21.2 Å². The summed E-state index contributed by atoms with van der Waals surface area (Å²) in [6, 6.07) is 9.90. The van der Waals surface area contributed by atoms with Crippen molar-refractivity contribution in [1.29, 1.82) is 0 Å². The van der Waals surface area contributed by atoms with Gasteiger partial charge >= 0.3 is 0 Å². The van der Waals surface area contributed by atoms with Gasteiger partial charge in [0.2, 0.25) is 0 Å². The van der Waals surface area contributed by atoms with E-state index in [1.165, 1.54) is 36.4 Å². The lowest BCUT2D eigenvalue weighted by molar-refractivity contribution is 0.599. The quantitative estimate of drug-likeness (QED) is 0.931. The molecular weight excluding hydrogens is 317 g/mol. The van der Waals surface area contributed by atoms with Gasteiger partial charge in [-0.15, -0.1) is 0 Å². The molecule has 0 unspecified atom stereocenters. The monoisotopic (exact) mass is 329 g/mol. The Morgan fingerprint density at radius 2 is 1.52 bits per heavy atom. The molecule has 0 heterocycles. The van der Waals surface area contributed by atoms with Gasteiger partial charge in [0, 0.05) is 6.26 Å². The van der Waals surface area contributed by atoms with Gasteiger partial charge in [-0.3, -0.25) is 4.72 Å². The molecule has 8 heteroatoms. The predicted molar refractivity (Wildman–Crippen MR) is 76.8 cm³/mol. The summed E-state index contributed by atoms with van der Waals surface area (Å²) in [5.41, 5.74) is 0.0553. The lowest BCUT2D eigenvalue weighted by atomic mass is 10.3. The lowest BCUT2D eigenvalue weighted by Crippen LogP contribution is -2.13. The number of benzene rings is 2. The van der Waals surface area contributed by atoms with Gasteiger partial charge in [0.25, 0.3) is 10.0 Å². The Kier molecular flexibility index (Phi) is 4.02. The summed E-state index contributed by atoms with van der Waals surface area (Å²) >= 11 is 0. The summed E-state index contributed by atoms with van der Waals surface area (Å²) in [6.07, 6.45) is 0.985. The molecule has 0 saturated heterocycles. The van der Waals surface area contributed by atoms with Crippen molar-refractivity contribution in [3.8, 4) is 0 Å². The van der Waals surface area contributed by atoms with E-state index in [1.54, 1.807) is 0 Å². The molecule has 0 aliphatic heterocycles. The minimum Gasteiger partial charge on any atom is -0.280 e. The molecule has 2 aromatic rings. The average Bonchev–Trinajstić information content (AvgIpc) is 2.37. The van der Waals surface area contributed by atoms with Crippen LogP contribution in [0.15, 0.2) is 58.3 Å². The molecule has 2 aromatic carbocycles. The van der Waals surface area contributed by atoms with E-state index in [2.05, 4.69) is 4.72 Å². The second-order valence-electron chi connectivity index (χ2n) is 4.36. The molecule has 0 atom stereocenters. The fourth-order valence-corrected chi connectivity index (χ4v) is 3.47. The van der Waals surface area contributed by atoms with Crippen molar-refractivity contribution in [3.63, 3.8) is 0 Å². The van der Waals surface area contributed by atoms with Crippen LogP contribution in [0.5, 0.6) is 0 Å². The summed E-state index contributed by atoms with van der Waals surface area (Å²) in [7, 11) is -7.51. The van der Waals surface area contributed by atoms with E-state index in [-0.39, 0.29) is 15.5 Å². The standard InChI is InChI=1S/C13H12FNO4S2/c1-20(16,17)12-6-3-7-13(9-12)21(18,19)15-11-5-2-4-10(14)8-11/h2-9,15H,1H3. The third-order valence-corrected chi connectivity index (χ3v) is 5.11. The van der Waals surface area contributed by atoms with Gasteiger partial charge in [0.15, 0.2) is 9.84 Å². The summed E-state index contributed by atoms with van der Waals surface area (Å²) in [5.74, 6) is -0.583. The largest absolute Gasteiger partial charge is 0.280 e. The van der Waals surface area contributed by atoms with E-state index in [1.807, 2.05) is 0 Å². The van der Waals surface area contributed by atoms with Crippen molar-refractivity contribution in [2.45, 2.75) is 9.79 Å². The minimum absolute atomic E-state index is 0.0553. The summed E-state index contributed by atoms with van der Waals surface area (Å²) in [4.78, 5) is -0.320. The van der Waals surface area contributed by atoms with Crippen LogP contribution < -0.4 is 4.72 Å². The molecule has 1 N–H and O–H groups in total. The lowest BCUT2D eigenvalue weighted by Gasteiger charge is -2.09. The number of sulfone groups is 1. The van der Waals surface area contributed by atoms with Crippen LogP contribution in [0.1, 0.15) is 0 Å². The Morgan fingerprint density at radius 1 is 0.905 bits per heavy atom. The van der Waals surface area contributed by atoms with E-state index < -0.39 is 25.7 Å². The summed E-state index contributed by atoms with van der Waals surface area (Å²) < 4.78 is 62.5. The highest BCUT2D eigenvalue weighted by molar-refractivity contribution is 7.93. The first-order valence-corrected chi connectivity index (χ1v) is 9.14. The van der Waals surface area contributed by atoms with Crippen LogP contribution in [0, 0.1) is 5.82 Å². The number of halogens is 1. The SMILES string of the molecule is CS(=O)(=O)c1cccc(S(=O)(=O)Nc2cccc(F)c2)c1. The van der Waals surface area contributed by atoms with E-state index in [0.717, 1.165) is 18.4 Å². The highest BCUT2D eigenvalue weighted by atomic mass is 32.2. The van der Waals surface area contributed by atoms with Crippen LogP contribution >= 0.6 is 0 Å². The van der Waals surface area contributed by atoms with Crippen LogP contribution in [0.3, 0.4) is 0 Å². The smallest absolute Gasteiger partial charge is 0.261 e. The van der Waals surface area contributed by atoms with Crippen LogP contribution in [-0.4, -0.2) is 23.1 Å². The van der Waals surface area contributed by atoms with Crippen molar-refractivity contribution in [1.82, 2.24) is 0 Å². The Morgan fingerprint density at radius 3 is 2.14 bits per heavy atom. The molecule has 5 nitrogen and oxygen atoms in total. The van der Waals surface area contributed by atoms with Crippen LogP contribution in [-0.2, 0) is 19.9 Å². The number of hydrogen-bond donors (Lipinski definition) is 1. The maximum atomic E-state index is 13.1. The molecule has 0 spiro atoms. The number of rotatable bonds is 4. The van der Waals surface area contributed by atoms with Crippen LogP contribution in [0.2, 0.25) is 0 Å². The van der Waals surface area contributed by atoms with E-state index in [9.17, 15) is 21.2 Å². The zero-order valence-electron chi connectivity index (χ0n) is 10.9. The first-order valence-electron chi connectivity index (χ1n) is 5.77. The third-order valence-electron chi connectivity index (χ3n) is 2.62. The maximum Gasteiger partial charge on any atom is 0.261 e. The minimum atomic E-state index is -3.99. The van der Waals surface area contributed by atoms with Gasteiger partial charge in [0.1, 0.15) is 5.82 Å². The molecule has 112 valence electrons. The first kappa shape index (κ1) is 15.5. The third kappa shape index (κ3) is 3.79. The highest BCUT2D eigenvalue weighted by Gasteiger charge is 2.17. The molecule has 0 aromatic heterocycles. The molecular formula is C13H12FNO4S2. The zero-order valence-corrected chi connectivity index (χ0v) is 12.6. The Labute approximate surface area is 122 Å². The van der Waals surface area contributed by atoms with Crippen LogP contribution in [0.4, 0.5) is 10.1 Å². The first-order chi connectivity index (χ1) is 9.68. The fourth-order valence-electron chi connectivity index (χ4n) is 1.64.